The molecule has 1 aromatic carbocycles. The van der Waals surface area contributed by atoms with Crippen LogP contribution in [0.2, 0.25) is 5.02 Å². The maximum Gasteiger partial charge on any atom is 0.246 e. The summed E-state index contributed by atoms with van der Waals surface area (Å²) in [5.41, 5.74) is -1.46. The number of benzene rings is 1. The summed E-state index contributed by atoms with van der Waals surface area (Å²) < 4.78 is 11.7. The van der Waals surface area contributed by atoms with Crippen molar-refractivity contribution in [2.45, 2.75) is 75.8 Å². The van der Waals surface area contributed by atoms with E-state index in [0.29, 0.717) is 10.8 Å². The summed E-state index contributed by atoms with van der Waals surface area (Å²) in [4.78, 5) is 43.3. The highest BCUT2D eigenvalue weighted by atomic mass is 35.5. The molecule has 200 valence electrons. The second-order valence-corrected chi connectivity index (χ2v) is 11.5. The van der Waals surface area contributed by atoms with Crippen molar-refractivity contribution in [3.63, 3.8) is 0 Å². The Hall–Kier alpha value is -3.17. The Morgan fingerprint density at radius 2 is 1.87 bits per heavy atom. The SMILES string of the molecule is Cc1cc(NC(=O)[C@@H]2[C@H]3C(=O)N(Cc4ccc(Cl)cc4)[C@@H](C(=O)NC4CCCCC4)[C@@]34C=C[C@@]2(C)O4)no1. The van der Waals surface area contributed by atoms with Gasteiger partial charge in [-0.3, -0.25) is 14.4 Å². The van der Waals surface area contributed by atoms with Gasteiger partial charge in [-0.25, -0.2) is 0 Å². The monoisotopic (exact) mass is 538 g/mol. The number of hydrogen-bond acceptors (Lipinski definition) is 6. The third kappa shape index (κ3) is 4.03. The fraction of sp³-hybridized carbons (Fsp3) is 0.500. The van der Waals surface area contributed by atoms with Gasteiger partial charge in [0.2, 0.25) is 17.7 Å². The van der Waals surface area contributed by atoms with Gasteiger partial charge in [0.15, 0.2) is 5.82 Å². The number of hydrogen-bond donors (Lipinski definition) is 2. The molecule has 4 heterocycles. The molecule has 2 bridgehead atoms. The van der Waals surface area contributed by atoms with E-state index in [1.165, 1.54) is 0 Å². The lowest BCUT2D eigenvalue weighted by molar-refractivity contribution is -0.145. The lowest BCUT2D eigenvalue weighted by Crippen LogP contribution is -2.56. The molecule has 3 amide bonds. The standard InChI is InChI=1S/C28H31ClN4O5/c1-16-14-20(32-37-16)31-24(34)21-22-26(36)33(15-17-8-10-18(29)11-9-17)23(28(22)13-12-27(21,2)38-28)25(35)30-19-6-4-3-5-7-19/h8-14,19,21-23H,3-7,15H2,1-2H3,(H,30,35)(H,31,32,34)/t21-,22-,23-,27+,28+/m0/s1. The molecular formula is C28H31ClN4O5. The summed E-state index contributed by atoms with van der Waals surface area (Å²) in [6, 6.07) is 7.95. The van der Waals surface area contributed by atoms with Gasteiger partial charge in [0, 0.05) is 23.7 Å². The first kappa shape index (κ1) is 25.1. The highest BCUT2D eigenvalue weighted by molar-refractivity contribution is 6.30. The van der Waals surface area contributed by atoms with Crippen molar-refractivity contribution in [3.8, 4) is 0 Å². The fourth-order valence-corrected chi connectivity index (χ4v) is 6.87. The van der Waals surface area contributed by atoms with Crippen molar-refractivity contribution in [3.05, 3.63) is 58.8 Å². The van der Waals surface area contributed by atoms with Crippen molar-refractivity contribution in [2.75, 3.05) is 5.32 Å². The van der Waals surface area contributed by atoms with Crippen LogP contribution in [0.25, 0.3) is 0 Å². The molecule has 0 radical (unpaired) electrons. The van der Waals surface area contributed by atoms with Crippen LogP contribution >= 0.6 is 11.6 Å². The predicted octanol–water partition coefficient (Wildman–Crippen LogP) is 3.76. The number of ether oxygens (including phenoxy) is 1. The average molecular weight is 539 g/mol. The quantitative estimate of drug-likeness (QED) is 0.541. The van der Waals surface area contributed by atoms with Gasteiger partial charge in [0.25, 0.3) is 0 Å². The first-order valence-corrected chi connectivity index (χ1v) is 13.6. The van der Waals surface area contributed by atoms with E-state index < -0.39 is 35.0 Å². The molecule has 1 spiro atoms. The smallest absolute Gasteiger partial charge is 0.246 e. The molecule has 4 aliphatic rings. The summed E-state index contributed by atoms with van der Waals surface area (Å²) in [6.07, 6.45) is 8.76. The number of likely N-dealkylation sites (tertiary alicyclic amines) is 1. The van der Waals surface area contributed by atoms with Crippen LogP contribution in [-0.4, -0.2) is 51.1 Å². The minimum atomic E-state index is -1.25. The zero-order valence-corrected chi connectivity index (χ0v) is 22.2. The van der Waals surface area contributed by atoms with Gasteiger partial charge in [-0.2, -0.15) is 0 Å². The van der Waals surface area contributed by atoms with Crippen LogP contribution in [0, 0.1) is 18.8 Å². The molecule has 2 saturated heterocycles. The molecule has 1 aromatic heterocycles. The van der Waals surface area contributed by atoms with Gasteiger partial charge in [-0.1, -0.05) is 60.3 Å². The van der Waals surface area contributed by atoms with Gasteiger partial charge in [0.1, 0.15) is 17.4 Å². The second kappa shape index (κ2) is 9.24. The largest absolute Gasteiger partial charge is 0.360 e. The summed E-state index contributed by atoms with van der Waals surface area (Å²) in [5, 5.41) is 10.4. The average Bonchev–Trinajstić information content (AvgIpc) is 3.58. The van der Waals surface area contributed by atoms with Gasteiger partial charge < -0.3 is 24.8 Å². The Balaban J connectivity index is 1.35. The molecular weight excluding hydrogens is 508 g/mol. The minimum absolute atomic E-state index is 0.0619. The molecule has 9 nitrogen and oxygen atoms in total. The number of halogens is 1. The van der Waals surface area contributed by atoms with Crippen LogP contribution in [-0.2, 0) is 25.7 Å². The first-order valence-electron chi connectivity index (χ1n) is 13.2. The van der Waals surface area contributed by atoms with E-state index in [2.05, 4.69) is 15.8 Å². The predicted molar refractivity (Wildman–Crippen MR) is 139 cm³/mol. The van der Waals surface area contributed by atoms with E-state index in [4.69, 9.17) is 20.9 Å². The molecule has 6 rings (SSSR count). The maximum atomic E-state index is 14.2. The summed E-state index contributed by atoms with van der Waals surface area (Å²) in [6.45, 7) is 3.72. The summed E-state index contributed by atoms with van der Waals surface area (Å²) in [7, 11) is 0. The van der Waals surface area contributed by atoms with Crippen LogP contribution in [0.1, 0.15) is 50.4 Å². The zero-order chi connectivity index (χ0) is 26.7. The Kier molecular flexibility index (Phi) is 6.11. The number of nitrogens with zero attached hydrogens (tertiary/aromatic N) is 2. The van der Waals surface area contributed by atoms with Gasteiger partial charge >= 0.3 is 0 Å². The van der Waals surface area contributed by atoms with Crippen molar-refractivity contribution < 1.29 is 23.6 Å². The third-order valence-electron chi connectivity index (χ3n) is 8.42. The Morgan fingerprint density at radius 1 is 1.13 bits per heavy atom. The number of carbonyl (C=O) groups excluding carboxylic acids is 3. The molecule has 38 heavy (non-hydrogen) atoms. The van der Waals surface area contributed by atoms with Crippen LogP contribution in [0.15, 0.2) is 47.0 Å². The number of fused-ring (bicyclic) bond motifs is 1. The maximum absolute atomic E-state index is 14.2. The number of anilines is 1. The van der Waals surface area contributed by atoms with E-state index in [0.717, 1.165) is 37.7 Å². The van der Waals surface area contributed by atoms with E-state index >= 15 is 0 Å². The lowest BCUT2D eigenvalue weighted by Gasteiger charge is -2.34. The summed E-state index contributed by atoms with van der Waals surface area (Å²) in [5.74, 6) is -1.82. The zero-order valence-electron chi connectivity index (χ0n) is 21.4. The van der Waals surface area contributed by atoms with Crippen LogP contribution in [0.5, 0.6) is 0 Å². The number of aryl methyl sites for hydroxylation is 1. The number of amides is 3. The molecule has 0 unspecified atom stereocenters. The second-order valence-electron chi connectivity index (χ2n) is 11.1. The van der Waals surface area contributed by atoms with Crippen molar-refractivity contribution in [1.82, 2.24) is 15.4 Å². The van der Waals surface area contributed by atoms with Gasteiger partial charge in [0.05, 0.1) is 17.4 Å². The van der Waals surface area contributed by atoms with Crippen molar-refractivity contribution in [1.29, 1.82) is 0 Å². The van der Waals surface area contributed by atoms with Crippen LogP contribution in [0.3, 0.4) is 0 Å². The minimum Gasteiger partial charge on any atom is -0.360 e. The molecule has 3 fully saturated rings. The van der Waals surface area contributed by atoms with Gasteiger partial charge in [-0.15, -0.1) is 0 Å². The molecule has 10 heteroatoms. The summed E-state index contributed by atoms with van der Waals surface area (Å²) >= 11 is 6.08. The number of nitrogens with one attached hydrogen (secondary N) is 2. The Morgan fingerprint density at radius 3 is 2.55 bits per heavy atom. The molecule has 5 atom stereocenters. The molecule has 1 aliphatic carbocycles. The molecule has 2 N–H and O–H groups in total. The van der Waals surface area contributed by atoms with Gasteiger partial charge in [-0.05, 0) is 44.4 Å². The number of rotatable bonds is 6. The highest BCUT2D eigenvalue weighted by Crippen LogP contribution is 2.60. The topological polar surface area (TPSA) is 114 Å². The lowest BCUT2D eigenvalue weighted by atomic mass is 9.70. The number of carbonyl (C=O) groups is 3. The van der Waals surface area contributed by atoms with E-state index in [1.807, 2.05) is 24.3 Å². The first-order chi connectivity index (χ1) is 18.2. The van der Waals surface area contributed by atoms with E-state index in [9.17, 15) is 14.4 Å². The van der Waals surface area contributed by atoms with Crippen LogP contribution in [0.4, 0.5) is 5.82 Å². The third-order valence-corrected chi connectivity index (χ3v) is 8.68. The highest BCUT2D eigenvalue weighted by Gasteiger charge is 2.76. The van der Waals surface area contributed by atoms with E-state index in [1.54, 1.807) is 36.9 Å². The van der Waals surface area contributed by atoms with Crippen molar-refractivity contribution >= 4 is 35.1 Å². The van der Waals surface area contributed by atoms with Crippen LogP contribution < -0.4 is 10.6 Å². The van der Waals surface area contributed by atoms with Crippen molar-refractivity contribution in [2.24, 2.45) is 11.8 Å². The Bertz CT molecular complexity index is 1300. The fourth-order valence-electron chi connectivity index (χ4n) is 6.74. The molecule has 2 aromatic rings. The molecule has 3 aliphatic heterocycles. The Labute approximate surface area is 225 Å². The number of aromatic nitrogens is 1. The van der Waals surface area contributed by atoms with E-state index in [-0.39, 0.29) is 30.2 Å². The molecule has 1 saturated carbocycles. The normalized spacial score (nSPS) is 32.0.